The van der Waals surface area contributed by atoms with Gasteiger partial charge in [-0.15, -0.1) is 13.0 Å². The van der Waals surface area contributed by atoms with E-state index in [-0.39, 0.29) is 12.5 Å². The van der Waals surface area contributed by atoms with Gasteiger partial charge in [-0.05, 0) is 87.6 Å². The molecule has 0 saturated carbocycles. The SMILES string of the molecule is C#CCOc1c(Br)cc(/C=C2\SC(=Nc3ccc(CC)cc3)NC2=O)cc1CC=C. The van der Waals surface area contributed by atoms with Gasteiger partial charge in [0.2, 0.25) is 0 Å². The van der Waals surface area contributed by atoms with Crippen molar-refractivity contribution in [2.45, 2.75) is 19.8 Å². The van der Waals surface area contributed by atoms with E-state index in [0.717, 1.165) is 27.7 Å². The fourth-order valence-electron chi connectivity index (χ4n) is 2.89. The number of allylic oxidation sites excluding steroid dienone is 1. The largest absolute Gasteiger partial charge is 0.479 e. The molecule has 30 heavy (non-hydrogen) atoms. The average molecular weight is 481 g/mol. The number of halogens is 1. The van der Waals surface area contributed by atoms with Crippen molar-refractivity contribution in [1.29, 1.82) is 0 Å². The Labute approximate surface area is 189 Å². The first-order chi connectivity index (χ1) is 14.5. The zero-order valence-electron chi connectivity index (χ0n) is 16.6. The van der Waals surface area contributed by atoms with E-state index in [1.54, 1.807) is 6.08 Å². The van der Waals surface area contributed by atoms with Crippen LogP contribution in [0.25, 0.3) is 6.08 Å². The van der Waals surface area contributed by atoms with Crippen molar-refractivity contribution in [2.75, 3.05) is 6.61 Å². The van der Waals surface area contributed by atoms with E-state index < -0.39 is 0 Å². The summed E-state index contributed by atoms with van der Waals surface area (Å²) in [4.78, 5) is 17.5. The highest BCUT2D eigenvalue weighted by Gasteiger charge is 2.24. The van der Waals surface area contributed by atoms with Crippen molar-refractivity contribution < 1.29 is 9.53 Å². The minimum Gasteiger partial charge on any atom is -0.479 e. The van der Waals surface area contributed by atoms with E-state index in [2.05, 4.69) is 45.7 Å². The van der Waals surface area contributed by atoms with Crippen LogP contribution < -0.4 is 10.1 Å². The second-order valence-electron chi connectivity index (χ2n) is 6.48. The number of hydrogen-bond donors (Lipinski definition) is 1. The van der Waals surface area contributed by atoms with Crippen LogP contribution in [0.15, 0.2) is 63.4 Å². The van der Waals surface area contributed by atoms with Crippen molar-refractivity contribution in [1.82, 2.24) is 5.32 Å². The fourth-order valence-corrected chi connectivity index (χ4v) is 4.37. The van der Waals surface area contributed by atoms with Crippen molar-refractivity contribution >= 4 is 50.5 Å². The number of rotatable bonds is 7. The van der Waals surface area contributed by atoms with Gasteiger partial charge in [0.25, 0.3) is 5.91 Å². The molecular weight excluding hydrogens is 460 g/mol. The maximum Gasteiger partial charge on any atom is 0.264 e. The molecule has 1 amide bonds. The Morgan fingerprint density at radius 3 is 2.77 bits per heavy atom. The van der Waals surface area contributed by atoms with Gasteiger partial charge < -0.3 is 10.1 Å². The molecule has 0 unspecified atom stereocenters. The van der Waals surface area contributed by atoms with Gasteiger partial charge in [-0.3, -0.25) is 4.79 Å². The maximum atomic E-state index is 12.4. The first kappa shape index (κ1) is 21.9. The fraction of sp³-hybridized carbons (Fsp3) is 0.167. The van der Waals surface area contributed by atoms with Crippen molar-refractivity contribution in [3.8, 4) is 18.1 Å². The molecule has 1 aliphatic rings. The highest BCUT2D eigenvalue weighted by atomic mass is 79.9. The lowest BCUT2D eigenvalue weighted by atomic mass is 10.1. The monoisotopic (exact) mass is 480 g/mol. The predicted molar refractivity (Wildman–Crippen MR) is 129 cm³/mol. The number of terminal acetylenes is 1. The van der Waals surface area contributed by atoms with E-state index in [1.165, 1.54) is 17.3 Å². The molecule has 1 saturated heterocycles. The van der Waals surface area contributed by atoms with Gasteiger partial charge in [-0.25, -0.2) is 4.99 Å². The third-order valence-electron chi connectivity index (χ3n) is 4.33. The van der Waals surface area contributed by atoms with Crippen molar-refractivity contribution in [3.63, 3.8) is 0 Å². The minimum atomic E-state index is -0.169. The van der Waals surface area contributed by atoms with E-state index in [9.17, 15) is 4.79 Å². The highest BCUT2D eigenvalue weighted by molar-refractivity contribution is 9.10. The molecule has 3 rings (SSSR count). The van der Waals surface area contributed by atoms with E-state index in [4.69, 9.17) is 11.2 Å². The van der Waals surface area contributed by atoms with Crippen LogP contribution in [-0.2, 0) is 17.6 Å². The molecule has 1 aliphatic heterocycles. The summed E-state index contributed by atoms with van der Waals surface area (Å²) >= 11 is 4.86. The topological polar surface area (TPSA) is 50.7 Å². The van der Waals surface area contributed by atoms with Crippen LogP contribution in [0.3, 0.4) is 0 Å². The summed E-state index contributed by atoms with van der Waals surface area (Å²) in [6, 6.07) is 11.9. The molecule has 0 spiro atoms. The minimum absolute atomic E-state index is 0.169. The third kappa shape index (κ3) is 5.44. The maximum absolute atomic E-state index is 12.4. The van der Waals surface area contributed by atoms with Crippen molar-refractivity contribution in [3.05, 3.63) is 75.1 Å². The Morgan fingerprint density at radius 2 is 2.10 bits per heavy atom. The first-order valence-corrected chi connectivity index (χ1v) is 11.0. The normalized spacial score (nSPS) is 15.8. The quantitative estimate of drug-likeness (QED) is 0.316. The molecule has 1 fully saturated rings. The zero-order valence-corrected chi connectivity index (χ0v) is 19.0. The second-order valence-corrected chi connectivity index (χ2v) is 8.36. The van der Waals surface area contributed by atoms with Crippen LogP contribution in [0.2, 0.25) is 0 Å². The van der Waals surface area contributed by atoms with Crippen LogP contribution in [0.5, 0.6) is 5.75 Å². The molecule has 152 valence electrons. The number of ether oxygens (including phenoxy) is 1. The zero-order chi connectivity index (χ0) is 21.5. The standard InChI is InChI=1S/C24H21BrN2O2S/c1-4-7-18-13-17(14-20(25)22(18)29-12-5-2)15-21-23(28)27-24(30-21)26-19-10-8-16(6-3)9-11-19/h2,4,8-11,13-15H,1,6-7,12H2,3H3,(H,26,27,28)/b21-15-. The Balaban J connectivity index is 1.85. The Hall–Kier alpha value is -2.75. The number of nitrogens with one attached hydrogen (secondary N) is 1. The lowest BCUT2D eigenvalue weighted by Crippen LogP contribution is -2.19. The molecule has 0 radical (unpaired) electrons. The van der Waals surface area contributed by atoms with Crippen LogP contribution in [0.1, 0.15) is 23.6 Å². The average Bonchev–Trinajstić information content (AvgIpc) is 3.07. The first-order valence-electron chi connectivity index (χ1n) is 9.42. The molecule has 0 aliphatic carbocycles. The molecule has 1 N–H and O–H groups in total. The number of benzene rings is 2. The summed E-state index contributed by atoms with van der Waals surface area (Å²) in [5.74, 6) is 3.00. The highest BCUT2D eigenvalue weighted by Crippen LogP contribution is 2.34. The van der Waals surface area contributed by atoms with Crippen molar-refractivity contribution in [2.24, 2.45) is 4.99 Å². The van der Waals surface area contributed by atoms with E-state index in [0.29, 0.717) is 22.2 Å². The number of carbonyl (C=O) groups excluding carboxylic acids is 1. The van der Waals surface area contributed by atoms with Crippen LogP contribution in [0.4, 0.5) is 5.69 Å². The lowest BCUT2D eigenvalue weighted by Gasteiger charge is -2.12. The van der Waals surface area contributed by atoms with E-state index >= 15 is 0 Å². The molecule has 0 bridgehead atoms. The van der Waals surface area contributed by atoms with Crippen LogP contribution in [-0.4, -0.2) is 17.7 Å². The third-order valence-corrected chi connectivity index (χ3v) is 5.83. The van der Waals surface area contributed by atoms with Gasteiger partial charge in [-0.1, -0.05) is 31.1 Å². The van der Waals surface area contributed by atoms with Gasteiger partial charge in [0.05, 0.1) is 15.1 Å². The number of aryl methyl sites for hydroxylation is 1. The number of amidine groups is 1. The van der Waals surface area contributed by atoms with Gasteiger partial charge in [0, 0.05) is 0 Å². The molecule has 6 heteroatoms. The Morgan fingerprint density at radius 1 is 1.33 bits per heavy atom. The molecule has 2 aromatic rings. The number of carbonyl (C=O) groups is 1. The molecule has 2 aromatic carbocycles. The number of thioether (sulfide) groups is 1. The molecule has 4 nitrogen and oxygen atoms in total. The van der Waals surface area contributed by atoms with Crippen LogP contribution in [0, 0.1) is 12.3 Å². The summed E-state index contributed by atoms with van der Waals surface area (Å²) < 4.78 is 6.44. The Bertz CT molecular complexity index is 1070. The molecular formula is C24H21BrN2O2S. The lowest BCUT2D eigenvalue weighted by molar-refractivity contribution is -0.115. The van der Waals surface area contributed by atoms with Gasteiger partial charge in [-0.2, -0.15) is 0 Å². The van der Waals surface area contributed by atoms with Crippen LogP contribution >= 0.6 is 27.7 Å². The van der Waals surface area contributed by atoms with Gasteiger partial charge in [0.15, 0.2) is 5.17 Å². The number of hydrogen-bond acceptors (Lipinski definition) is 4. The van der Waals surface area contributed by atoms with E-state index in [1.807, 2.05) is 42.5 Å². The summed E-state index contributed by atoms with van der Waals surface area (Å²) in [6.45, 7) is 6.09. The molecule has 0 atom stereocenters. The summed E-state index contributed by atoms with van der Waals surface area (Å²) in [5.41, 5.74) is 3.87. The Kier molecular flexibility index (Phi) is 7.56. The number of nitrogens with zero attached hydrogens (tertiary/aromatic N) is 1. The summed E-state index contributed by atoms with van der Waals surface area (Å²) in [5, 5.41) is 3.39. The number of aliphatic imine (C=N–C) groups is 1. The van der Waals surface area contributed by atoms with Gasteiger partial charge in [0.1, 0.15) is 12.4 Å². The second kappa shape index (κ2) is 10.3. The predicted octanol–water partition coefficient (Wildman–Crippen LogP) is 5.64. The smallest absolute Gasteiger partial charge is 0.264 e. The molecule has 1 heterocycles. The number of amides is 1. The summed E-state index contributed by atoms with van der Waals surface area (Å²) in [6.07, 6.45) is 10.5. The molecule has 0 aromatic heterocycles. The summed E-state index contributed by atoms with van der Waals surface area (Å²) in [7, 11) is 0. The van der Waals surface area contributed by atoms with Gasteiger partial charge >= 0.3 is 0 Å².